The lowest BCUT2D eigenvalue weighted by atomic mass is 9.83. The van der Waals surface area contributed by atoms with Gasteiger partial charge in [-0.15, -0.1) is 11.3 Å². The van der Waals surface area contributed by atoms with Crippen molar-refractivity contribution in [3.63, 3.8) is 0 Å². The number of halogens is 1. The van der Waals surface area contributed by atoms with E-state index in [1.165, 1.54) is 28.0 Å². The van der Waals surface area contributed by atoms with E-state index in [1.54, 1.807) is 0 Å². The Morgan fingerprint density at radius 1 is 1.12 bits per heavy atom. The summed E-state index contributed by atoms with van der Waals surface area (Å²) in [5.74, 6) is 0.799. The van der Waals surface area contributed by atoms with Gasteiger partial charge in [-0.05, 0) is 41.6 Å². The van der Waals surface area contributed by atoms with Crippen molar-refractivity contribution in [3.8, 4) is 0 Å². The van der Waals surface area contributed by atoms with Crippen molar-refractivity contribution >= 4 is 44.1 Å². The number of aromatic nitrogens is 3. The molecule has 0 fully saturated rings. The van der Waals surface area contributed by atoms with E-state index >= 15 is 0 Å². The molecule has 4 heterocycles. The predicted octanol–water partition coefficient (Wildman–Crippen LogP) is 5.83. The molecule has 160 valence electrons. The van der Waals surface area contributed by atoms with Crippen molar-refractivity contribution in [2.45, 2.75) is 25.4 Å². The van der Waals surface area contributed by atoms with Gasteiger partial charge in [0, 0.05) is 40.1 Å². The van der Waals surface area contributed by atoms with Crippen molar-refractivity contribution in [1.29, 1.82) is 0 Å². The second-order valence-corrected chi connectivity index (χ2v) is 9.65. The van der Waals surface area contributed by atoms with Crippen molar-refractivity contribution in [3.05, 3.63) is 98.0 Å². The summed E-state index contributed by atoms with van der Waals surface area (Å²) in [6.07, 6.45) is 0. The Morgan fingerprint density at radius 3 is 2.81 bits per heavy atom. The number of nitrogens with zero attached hydrogens (tertiary/aromatic N) is 2. The number of aromatic amines is 2. The minimum absolute atomic E-state index is 0.0707. The van der Waals surface area contributed by atoms with Gasteiger partial charge in [0.15, 0.2) is 0 Å². The van der Waals surface area contributed by atoms with Gasteiger partial charge >= 0.3 is 0 Å². The first-order chi connectivity index (χ1) is 15.6. The Labute approximate surface area is 193 Å². The van der Waals surface area contributed by atoms with E-state index in [4.69, 9.17) is 16.6 Å². The SMILES string of the molecule is CC1c2[nH]c3ccccc3c2C(c2ccccc2Cl)CN1Cc1nc2ccsc2c(=O)[nH]1. The smallest absolute Gasteiger partial charge is 0.268 e. The molecule has 0 saturated carbocycles. The average Bonchev–Trinajstić information content (AvgIpc) is 3.42. The maximum Gasteiger partial charge on any atom is 0.268 e. The first-order valence-electron chi connectivity index (χ1n) is 10.7. The molecule has 0 radical (unpaired) electrons. The van der Waals surface area contributed by atoms with E-state index in [0.717, 1.165) is 28.2 Å². The number of rotatable bonds is 3. The number of benzene rings is 2. The fraction of sp³-hybridized carbons (Fsp3) is 0.200. The van der Waals surface area contributed by atoms with Gasteiger partial charge in [-0.3, -0.25) is 9.69 Å². The lowest BCUT2D eigenvalue weighted by molar-refractivity contribution is 0.172. The van der Waals surface area contributed by atoms with E-state index < -0.39 is 0 Å². The molecule has 0 amide bonds. The van der Waals surface area contributed by atoms with Crippen LogP contribution >= 0.6 is 22.9 Å². The Bertz CT molecular complexity index is 1520. The highest BCUT2D eigenvalue weighted by Crippen LogP contribution is 2.44. The highest BCUT2D eigenvalue weighted by Gasteiger charge is 2.35. The minimum atomic E-state index is -0.0707. The highest BCUT2D eigenvalue weighted by atomic mass is 35.5. The molecule has 32 heavy (non-hydrogen) atoms. The molecule has 2 atom stereocenters. The first-order valence-corrected chi connectivity index (χ1v) is 11.9. The number of hydrogen-bond donors (Lipinski definition) is 2. The van der Waals surface area contributed by atoms with E-state index in [0.29, 0.717) is 17.1 Å². The van der Waals surface area contributed by atoms with Gasteiger partial charge < -0.3 is 9.97 Å². The number of fused-ring (bicyclic) bond motifs is 4. The molecule has 6 rings (SSSR count). The molecule has 1 aliphatic heterocycles. The quantitative estimate of drug-likeness (QED) is 0.356. The monoisotopic (exact) mass is 460 g/mol. The molecule has 2 aromatic carbocycles. The van der Waals surface area contributed by atoms with Crippen LogP contribution in [0.1, 0.15) is 41.5 Å². The van der Waals surface area contributed by atoms with Gasteiger partial charge in [-0.1, -0.05) is 48.0 Å². The van der Waals surface area contributed by atoms with E-state index in [9.17, 15) is 4.79 Å². The van der Waals surface area contributed by atoms with Gasteiger partial charge in [0.1, 0.15) is 10.5 Å². The Morgan fingerprint density at radius 2 is 1.94 bits per heavy atom. The van der Waals surface area contributed by atoms with Crippen molar-refractivity contribution in [2.24, 2.45) is 0 Å². The van der Waals surface area contributed by atoms with Crippen LogP contribution in [-0.4, -0.2) is 26.4 Å². The lowest BCUT2D eigenvalue weighted by Crippen LogP contribution is -2.37. The molecule has 0 aliphatic carbocycles. The van der Waals surface area contributed by atoms with Crippen molar-refractivity contribution < 1.29 is 0 Å². The molecule has 0 saturated heterocycles. The zero-order valence-corrected chi connectivity index (χ0v) is 19.0. The molecule has 5 aromatic rings. The number of para-hydroxylation sites is 1. The summed E-state index contributed by atoms with van der Waals surface area (Å²) in [5.41, 5.74) is 5.45. The summed E-state index contributed by atoms with van der Waals surface area (Å²) in [6, 6.07) is 18.6. The van der Waals surface area contributed by atoms with Crippen LogP contribution in [0.2, 0.25) is 5.02 Å². The van der Waals surface area contributed by atoms with Gasteiger partial charge in [-0.25, -0.2) is 4.98 Å². The molecular formula is C25H21ClN4OS. The molecule has 0 bridgehead atoms. The average molecular weight is 461 g/mol. The maximum absolute atomic E-state index is 12.5. The maximum atomic E-state index is 12.5. The Kier molecular flexibility index (Phi) is 4.68. The zero-order valence-electron chi connectivity index (χ0n) is 17.4. The predicted molar refractivity (Wildman–Crippen MR) is 131 cm³/mol. The fourth-order valence-electron chi connectivity index (χ4n) is 4.96. The molecule has 5 nitrogen and oxygen atoms in total. The van der Waals surface area contributed by atoms with Gasteiger partial charge in [0.2, 0.25) is 0 Å². The summed E-state index contributed by atoms with van der Waals surface area (Å²) < 4.78 is 0.673. The molecule has 0 spiro atoms. The highest BCUT2D eigenvalue weighted by molar-refractivity contribution is 7.17. The molecule has 7 heteroatoms. The summed E-state index contributed by atoms with van der Waals surface area (Å²) in [4.78, 5) is 26.2. The van der Waals surface area contributed by atoms with Crippen LogP contribution in [0, 0.1) is 0 Å². The van der Waals surface area contributed by atoms with Crippen LogP contribution in [0.5, 0.6) is 0 Å². The number of thiophene rings is 1. The Hall–Kier alpha value is -2.93. The number of hydrogen-bond acceptors (Lipinski definition) is 4. The first kappa shape index (κ1) is 19.7. The standard InChI is InChI=1S/C25H21ClN4OS/c1-14-23-22(16-7-3-5-9-19(16)28-23)17(15-6-2-4-8-18(15)26)12-30(14)13-21-27-20-10-11-32-24(20)25(31)29-21/h2-11,14,17,28H,12-13H2,1H3,(H,27,29,31). The zero-order chi connectivity index (χ0) is 21.8. The fourth-order valence-corrected chi connectivity index (χ4v) is 5.95. The van der Waals surface area contributed by atoms with Crippen molar-refractivity contribution in [1.82, 2.24) is 19.9 Å². The summed E-state index contributed by atoms with van der Waals surface area (Å²) in [5, 5.41) is 3.92. The normalized spacial score (nSPS) is 18.9. The second kappa shape index (κ2) is 7.59. The van der Waals surface area contributed by atoms with Crippen LogP contribution in [-0.2, 0) is 6.54 Å². The van der Waals surface area contributed by atoms with E-state index in [1.807, 2.05) is 29.6 Å². The third kappa shape index (κ3) is 3.10. The van der Waals surface area contributed by atoms with Gasteiger partial charge in [-0.2, -0.15) is 0 Å². The number of nitrogens with one attached hydrogen (secondary N) is 2. The molecular weight excluding hydrogens is 440 g/mol. The van der Waals surface area contributed by atoms with Crippen molar-refractivity contribution in [2.75, 3.05) is 6.54 Å². The number of H-pyrrole nitrogens is 2. The molecule has 3 aromatic heterocycles. The molecule has 1 aliphatic rings. The van der Waals surface area contributed by atoms with Crippen LogP contribution < -0.4 is 5.56 Å². The largest absolute Gasteiger partial charge is 0.357 e. The van der Waals surface area contributed by atoms with Crippen LogP contribution in [0.15, 0.2) is 64.8 Å². The lowest BCUT2D eigenvalue weighted by Gasteiger charge is -2.38. The Balaban J connectivity index is 1.48. The minimum Gasteiger partial charge on any atom is -0.357 e. The van der Waals surface area contributed by atoms with Gasteiger partial charge in [0.05, 0.1) is 12.1 Å². The van der Waals surface area contributed by atoms with E-state index in [2.05, 4.69) is 52.1 Å². The summed E-state index contributed by atoms with van der Waals surface area (Å²) in [6.45, 7) is 3.54. The molecule has 2 N–H and O–H groups in total. The summed E-state index contributed by atoms with van der Waals surface area (Å²) in [7, 11) is 0. The topological polar surface area (TPSA) is 64.8 Å². The third-order valence-electron chi connectivity index (χ3n) is 6.51. The van der Waals surface area contributed by atoms with Crippen LogP contribution in [0.25, 0.3) is 21.1 Å². The second-order valence-electron chi connectivity index (χ2n) is 8.33. The van der Waals surface area contributed by atoms with Crippen LogP contribution in [0.4, 0.5) is 0 Å². The van der Waals surface area contributed by atoms with Gasteiger partial charge in [0.25, 0.3) is 5.56 Å². The summed E-state index contributed by atoms with van der Waals surface area (Å²) >= 11 is 8.09. The third-order valence-corrected chi connectivity index (χ3v) is 7.75. The van der Waals surface area contributed by atoms with E-state index in [-0.39, 0.29) is 17.5 Å². The molecule has 2 unspecified atom stereocenters. The van der Waals surface area contributed by atoms with Crippen LogP contribution in [0.3, 0.4) is 0 Å².